The molecule has 0 bridgehead atoms. The second-order valence-electron chi connectivity index (χ2n) is 4.53. The minimum Gasteiger partial charge on any atom is -0.372 e. The molecule has 0 amide bonds. The number of halogens is 9. The molecule has 0 aliphatic rings. The Morgan fingerprint density at radius 1 is 0.533 bits per heavy atom. The molecule has 0 fully saturated rings. The van der Waals surface area contributed by atoms with Crippen molar-refractivity contribution in [3.05, 3.63) is 18.2 Å². The number of benzene rings is 1. The van der Waals surface area contributed by atoms with E-state index >= 15 is 0 Å². The third-order valence-corrected chi connectivity index (χ3v) is 5.27. The Bertz CT molecular complexity index is 1050. The van der Waals surface area contributed by atoms with Gasteiger partial charge in [0, 0.05) is 0 Å². The molecular formula is C9H3F9O9S3. The van der Waals surface area contributed by atoms with Gasteiger partial charge < -0.3 is 12.5 Å². The topological polar surface area (TPSA) is 130 Å². The van der Waals surface area contributed by atoms with E-state index in [-0.39, 0.29) is 18.2 Å². The van der Waals surface area contributed by atoms with Crippen LogP contribution in [0.15, 0.2) is 18.2 Å². The van der Waals surface area contributed by atoms with E-state index in [4.69, 9.17) is 0 Å². The molecule has 0 aliphatic heterocycles. The molecule has 21 heteroatoms. The Morgan fingerprint density at radius 2 is 0.800 bits per heavy atom. The summed E-state index contributed by atoms with van der Waals surface area (Å²) in [7, 11) is -20.4. The lowest BCUT2D eigenvalue weighted by atomic mass is 10.3. The Kier molecular flexibility index (Phi) is 6.48. The molecule has 0 saturated carbocycles. The van der Waals surface area contributed by atoms with E-state index in [0.717, 1.165) is 0 Å². The van der Waals surface area contributed by atoms with Gasteiger partial charge in [0.2, 0.25) is 5.75 Å². The van der Waals surface area contributed by atoms with E-state index in [2.05, 4.69) is 12.5 Å². The summed E-state index contributed by atoms with van der Waals surface area (Å²) in [6.45, 7) is 0. The fourth-order valence-corrected chi connectivity index (χ4v) is 2.60. The molecule has 0 heterocycles. The molecule has 1 aromatic rings. The molecule has 9 nitrogen and oxygen atoms in total. The Hall–Kier alpha value is -2.16. The van der Waals surface area contributed by atoms with Gasteiger partial charge >= 0.3 is 46.9 Å². The van der Waals surface area contributed by atoms with E-state index in [1.807, 2.05) is 0 Å². The van der Waals surface area contributed by atoms with E-state index in [1.54, 1.807) is 0 Å². The summed E-state index contributed by atoms with van der Waals surface area (Å²) in [6, 6.07) is 0.241. The normalized spacial score (nSPS) is 14.3. The minimum atomic E-state index is -6.89. The van der Waals surface area contributed by atoms with Crippen LogP contribution in [0.2, 0.25) is 0 Å². The predicted molar refractivity (Wildman–Crippen MR) is 73.3 cm³/mol. The largest absolute Gasteiger partial charge is 0.534 e. The molecule has 0 aromatic heterocycles. The highest BCUT2D eigenvalue weighted by Crippen LogP contribution is 2.44. The molecule has 174 valence electrons. The standard InChI is InChI=1S/C9H3F9O9S3/c10-7(11,12)28(19,20)25-4-2-1-3-5(26-29(21,22)8(13,14)15)6(4)27-30(23,24)9(16,17)18/h1-3H. The average molecular weight is 522 g/mol. The highest BCUT2D eigenvalue weighted by Gasteiger charge is 2.53. The molecule has 0 saturated heterocycles. The summed E-state index contributed by atoms with van der Waals surface area (Å²) in [5, 5.41) is 0. The number of rotatable bonds is 6. The summed E-state index contributed by atoms with van der Waals surface area (Å²) in [6.07, 6.45) is 0. The molecule has 0 unspecified atom stereocenters. The predicted octanol–water partition coefficient (Wildman–Crippen LogP) is 2.37. The van der Waals surface area contributed by atoms with Crippen molar-refractivity contribution in [1.29, 1.82) is 0 Å². The maximum absolute atomic E-state index is 12.4. The van der Waals surface area contributed by atoms with E-state index < -0.39 is 64.1 Å². The Labute approximate surface area is 160 Å². The van der Waals surface area contributed by atoms with Gasteiger partial charge in [0.15, 0.2) is 11.5 Å². The summed E-state index contributed by atoms with van der Waals surface area (Å²) < 4.78 is 188. The van der Waals surface area contributed by atoms with Gasteiger partial charge in [-0.2, -0.15) is 64.8 Å². The summed E-state index contributed by atoms with van der Waals surface area (Å²) in [5.41, 5.74) is -18.8. The number of hydrogen-bond acceptors (Lipinski definition) is 9. The third-order valence-electron chi connectivity index (χ3n) is 2.39. The minimum absolute atomic E-state index is 0.00240. The first-order chi connectivity index (χ1) is 13.0. The first kappa shape index (κ1) is 25.9. The first-order valence-electron chi connectivity index (χ1n) is 6.17. The zero-order valence-corrected chi connectivity index (χ0v) is 15.5. The molecule has 1 rings (SSSR count). The SMILES string of the molecule is O=S(=O)(Oc1cccc(OS(=O)(=O)C(F)(F)F)c1OS(=O)(=O)C(F)(F)F)C(F)(F)F. The maximum Gasteiger partial charge on any atom is 0.534 e. The highest BCUT2D eigenvalue weighted by atomic mass is 32.2. The van der Waals surface area contributed by atoms with Gasteiger partial charge in [-0.3, -0.25) is 0 Å². The van der Waals surface area contributed by atoms with E-state index in [0.29, 0.717) is 0 Å². The van der Waals surface area contributed by atoms with Crippen molar-refractivity contribution in [1.82, 2.24) is 0 Å². The van der Waals surface area contributed by atoms with Gasteiger partial charge in [-0.15, -0.1) is 0 Å². The van der Waals surface area contributed by atoms with Gasteiger partial charge in [0.05, 0.1) is 0 Å². The van der Waals surface area contributed by atoms with Crippen LogP contribution in [0.25, 0.3) is 0 Å². The van der Waals surface area contributed by atoms with Crippen LogP contribution in [0.3, 0.4) is 0 Å². The lowest BCUT2D eigenvalue weighted by molar-refractivity contribution is -0.0517. The van der Waals surface area contributed by atoms with Crippen LogP contribution >= 0.6 is 0 Å². The maximum atomic E-state index is 12.4. The van der Waals surface area contributed by atoms with Crippen LogP contribution in [-0.4, -0.2) is 41.8 Å². The molecule has 0 N–H and O–H groups in total. The van der Waals surface area contributed by atoms with Crippen LogP contribution in [0.5, 0.6) is 17.2 Å². The van der Waals surface area contributed by atoms with Crippen LogP contribution < -0.4 is 12.5 Å². The van der Waals surface area contributed by atoms with Crippen LogP contribution in [0.1, 0.15) is 0 Å². The summed E-state index contributed by atoms with van der Waals surface area (Å²) in [5.74, 6) is -6.60. The van der Waals surface area contributed by atoms with Crippen molar-refractivity contribution in [3.63, 3.8) is 0 Å². The van der Waals surface area contributed by atoms with Gasteiger partial charge in [-0.05, 0) is 12.1 Å². The van der Waals surface area contributed by atoms with Crippen LogP contribution in [0, 0.1) is 0 Å². The number of hydrogen-bond donors (Lipinski definition) is 0. The van der Waals surface area contributed by atoms with Gasteiger partial charge in [-0.25, -0.2) is 0 Å². The first-order valence-corrected chi connectivity index (χ1v) is 10.4. The van der Waals surface area contributed by atoms with Crippen LogP contribution in [0.4, 0.5) is 39.5 Å². The van der Waals surface area contributed by atoms with Crippen molar-refractivity contribution < 1.29 is 77.3 Å². The lowest BCUT2D eigenvalue weighted by Gasteiger charge is -2.17. The molecule has 0 atom stereocenters. The fourth-order valence-electron chi connectivity index (χ4n) is 1.20. The van der Waals surface area contributed by atoms with Crippen LogP contribution in [-0.2, 0) is 30.4 Å². The summed E-state index contributed by atoms with van der Waals surface area (Å²) >= 11 is 0. The smallest absolute Gasteiger partial charge is 0.372 e. The zero-order valence-electron chi connectivity index (χ0n) is 13.0. The quantitative estimate of drug-likeness (QED) is 0.314. The highest BCUT2D eigenvalue weighted by molar-refractivity contribution is 7.88. The van der Waals surface area contributed by atoms with Crippen molar-refractivity contribution >= 4 is 30.4 Å². The number of para-hydroxylation sites is 1. The molecule has 0 radical (unpaired) electrons. The van der Waals surface area contributed by atoms with Gasteiger partial charge in [-0.1, -0.05) is 6.07 Å². The Morgan fingerprint density at radius 3 is 1.07 bits per heavy atom. The second kappa shape index (κ2) is 7.51. The zero-order chi connectivity index (χ0) is 24.0. The van der Waals surface area contributed by atoms with Gasteiger partial charge in [0.25, 0.3) is 0 Å². The lowest BCUT2D eigenvalue weighted by Crippen LogP contribution is -2.31. The van der Waals surface area contributed by atoms with E-state index in [9.17, 15) is 64.8 Å². The van der Waals surface area contributed by atoms with Crippen molar-refractivity contribution in [2.24, 2.45) is 0 Å². The third kappa shape index (κ3) is 5.50. The number of alkyl halides is 9. The van der Waals surface area contributed by atoms with Crippen molar-refractivity contribution in [2.75, 3.05) is 0 Å². The van der Waals surface area contributed by atoms with E-state index in [1.165, 1.54) is 0 Å². The van der Waals surface area contributed by atoms with Gasteiger partial charge in [0.1, 0.15) is 0 Å². The monoisotopic (exact) mass is 522 g/mol. The molecule has 0 aliphatic carbocycles. The molecule has 1 aromatic carbocycles. The average Bonchev–Trinajstić information content (AvgIpc) is 2.46. The van der Waals surface area contributed by atoms with Crippen molar-refractivity contribution in [2.45, 2.75) is 16.5 Å². The molecule has 0 spiro atoms. The summed E-state index contributed by atoms with van der Waals surface area (Å²) in [4.78, 5) is 0. The Balaban J connectivity index is 3.73. The van der Waals surface area contributed by atoms with Crippen molar-refractivity contribution in [3.8, 4) is 17.2 Å². The second-order valence-corrected chi connectivity index (χ2v) is 9.15. The molecule has 30 heavy (non-hydrogen) atoms. The fraction of sp³-hybridized carbons (Fsp3) is 0.333. The molecular weight excluding hydrogens is 519 g/mol.